The molecule has 1 atom stereocenters. The van der Waals surface area contributed by atoms with E-state index in [0.717, 1.165) is 5.56 Å². The predicted octanol–water partition coefficient (Wildman–Crippen LogP) is 4.36. The molecule has 0 bridgehead atoms. The van der Waals surface area contributed by atoms with Crippen LogP contribution in [0.3, 0.4) is 0 Å². The minimum absolute atomic E-state index is 0.0596. The summed E-state index contributed by atoms with van der Waals surface area (Å²) < 4.78 is 5.57. The fourth-order valence-corrected chi connectivity index (χ4v) is 3.04. The van der Waals surface area contributed by atoms with E-state index in [-0.39, 0.29) is 17.7 Å². The van der Waals surface area contributed by atoms with E-state index in [1.807, 2.05) is 49.4 Å². The number of halogens is 1. The predicted molar refractivity (Wildman–Crippen MR) is 98.5 cm³/mol. The third-order valence-electron chi connectivity index (χ3n) is 3.51. The maximum absolute atomic E-state index is 12.1. The SMILES string of the molecule is CC(NC(=O)CSc1nnc(-c2ccccc2Cl)o1)c1ccccc1. The lowest BCUT2D eigenvalue weighted by atomic mass is 10.1. The van der Waals surface area contributed by atoms with Gasteiger partial charge in [0.15, 0.2) is 0 Å². The molecule has 1 aromatic heterocycles. The highest BCUT2D eigenvalue weighted by atomic mass is 35.5. The molecule has 0 fully saturated rings. The quantitative estimate of drug-likeness (QED) is 0.650. The Bertz CT molecular complexity index is 854. The highest BCUT2D eigenvalue weighted by molar-refractivity contribution is 7.99. The van der Waals surface area contributed by atoms with E-state index in [4.69, 9.17) is 16.0 Å². The van der Waals surface area contributed by atoms with Crippen molar-refractivity contribution >= 4 is 29.3 Å². The molecule has 3 aromatic rings. The van der Waals surface area contributed by atoms with Crippen molar-refractivity contribution in [2.75, 3.05) is 5.75 Å². The Morgan fingerprint density at radius 3 is 2.64 bits per heavy atom. The van der Waals surface area contributed by atoms with Crippen LogP contribution in [0.1, 0.15) is 18.5 Å². The average molecular weight is 374 g/mol. The smallest absolute Gasteiger partial charge is 0.277 e. The number of benzene rings is 2. The van der Waals surface area contributed by atoms with E-state index in [9.17, 15) is 4.79 Å². The summed E-state index contributed by atoms with van der Waals surface area (Å²) in [6.07, 6.45) is 0. The molecule has 128 valence electrons. The van der Waals surface area contributed by atoms with Crippen molar-refractivity contribution in [3.63, 3.8) is 0 Å². The van der Waals surface area contributed by atoms with E-state index < -0.39 is 0 Å². The number of aromatic nitrogens is 2. The van der Waals surface area contributed by atoms with Crippen molar-refractivity contribution in [1.29, 1.82) is 0 Å². The third-order valence-corrected chi connectivity index (χ3v) is 4.66. The lowest BCUT2D eigenvalue weighted by Crippen LogP contribution is -2.28. The molecule has 0 spiro atoms. The Balaban J connectivity index is 1.55. The van der Waals surface area contributed by atoms with Gasteiger partial charge in [0.2, 0.25) is 11.8 Å². The Morgan fingerprint density at radius 2 is 1.88 bits per heavy atom. The van der Waals surface area contributed by atoms with E-state index in [0.29, 0.717) is 21.7 Å². The molecule has 25 heavy (non-hydrogen) atoms. The molecule has 1 N–H and O–H groups in total. The summed E-state index contributed by atoms with van der Waals surface area (Å²) in [5, 5.41) is 11.7. The fourth-order valence-electron chi connectivity index (χ4n) is 2.25. The summed E-state index contributed by atoms with van der Waals surface area (Å²) in [6.45, 7) is 1.94. The summed E-state index contributed by atoms with van der Waals surface area (Å²) in [5.41, 5.74) is 1.73. The van der Waals surface area contributed by atoms with Gasteiger partial charge < -0.3 is 9.73 Å². The van der Waals surface area contributed by atoms with Gasteiger partial charge in [-0.05, 0) is 24.6 Å². The Kier molecular flexibility index (Phi) is 5.73. The Morgan fingerprint density at radius 1 is 1.16 bits per heavy atom. The van der Waals surface area contributed by atoms with Gasteiger partial charge in [-0.15, -0.1) is 10.2 Å². The lowest BCUT2D eigenvalue weighted by molar-refractivity contribution is -0.119. The molecule has 0 aliphatic heterocycles. The number of carbonyl (C=O) groups is 1. The summed E-state index contributed by atoms with van der Waals surface area (Å²) in [5.74, 6) is 0.437. The molecule has 3 rings (SSSR count). The van der Waals surface area contributed by atoms with Crippen LogP contribution in [-0.4, -0.2) is 21.9 Å². The second-order valence-corrected chi connectivity index (χ2v) is 6.68. The van der Waals surface area contributed by atoms with Crippen LogP contribution in [0.15, 0.2) is 64.2 Å². The van der Waals surface area contributed by atoms with Crippen molar-refractivity contribution in [3.8, 4) is 11.5 Å². The second-order valence-electron chi connectivity index (χ2n) is 5.34. The van der Waals surface area contributed by atoms with Crippen molar-refractivity contribution < 1.29 is 9.21 Å². The van der Waals surface area contributed by atoms with Gasteiger partial charge in [0, 0.05) is 0 Å². The van der Waals surface area contributed by atoms with Crippen LogP contribution < -0.4 is 5.32 Å². The molecular formula is C18H16ClN3O2S. The highest BCUT2D eigenvalue weighted by Crippen LogP contribution is 2.28. The van der Waals surface area contributed by atoms with Crippen molar-refractivity contribution in [1.82, 2.24) is 15.5 Å². The second kappa shape index (κ2) is 8.18. The summed E-state index contributed by atoms with van der Waals surface area (Å²) in [7, 11) is 0. The fraction of sp³-hybridized carbons (Fsp3) is 0.167. The molecule has 1 amide bonds. The summed E-state index contributed by atoms with van der Waals surface area (Å²) in [4.78, 5) is 12.1. The maximum atomic E-state index is 12.1. The summed E-state index contributed by atoms with van der Waals surface area (Å²) in [6, 6.07) is 17.0. The van der Waals surface area contributed by atoms with Gasteiger partial charge in [0.25, 0.3) is 5.22 Å². The molecule has 0 saturated heterocycles. The number of rotatable bonds is 6. The number of nitrogens with zero attached hydrogens (tertiary/aromatic N) is 2. The minimum atomic E-state index is -0.0983. The molecular weight excluding hydrogens is 358 g/mol. The summed E-state index contributed by atoms with van der Waals surface area (Å²) >= 11 is 7.30. The van der Waals surface area contributed by atoms with E-state index in [1.165, 1.54) is 11.8 Å². The van der Waals surface area contributed by atoms with Crippen LogP contribution in [0.25, 0.3) is 11.5 Å². The maximum Gasteiger partial charge on any atom is 0.277 e. The van der Waals surface area contributed by atoms with Crippen LogP contribution in [-0.2, 0) is 4.79 Å². The van der Waals surface area contributed by atoms with Crippen LogP contribution in [0.4, 0.5) is 0 Å². The van der Waals surface area contributed by atoms with E-state index >= 15 is 0 Å². The standard InChI is InChI=1S/C18H16ClN3O2S/c1-12(13-7-3-2-4-8-13)20-16(23)11-25-18-22-21-17(24-18)14-9-5-6-10-15(14)19/h2-10,12H,11H2,1H3,(H,20,23). The number of carbonyl (C=O) groups excluding carboxylic acids is 1. The zero-order valence-corrected chi connectivity index (χ0v) is 15.1. The number of amides is 1. The van der Waals surface area contributed by atoms with Gasteiger partial charge in [-0.1, -0.05) is 65.8 Å². The zero-order chi connectivity index (χ0) is 17.6. The minimum Gasteiger partial charge on any atom is -0.411 e. The zero-order valence-electron chi connectivity index (χ0n) is 13.5. The first-order chi connectivity index (χ1) is 12.1. The van der Waals surface area contributed by atoms with Gasteiger partial charge >= 0.3 is 0 Å². The number of hydrogen-bond donors (Lipinski definition) is 1. The molecule has 1 heterocycles. The lowest BCUT2D eigenvalue weighted by Gasteiger charge is -2.13. The van der Waals surface area contributed by atoms with Crippen LogP contribution in [0, 0.1) is 0 Å². The van der Waals surface area contributed by atoms with Crippen molar-refractivity contribution in [2.24, 2.45) is 0 Å². The van der Waals surface area contributed by atoms with E-state index in [1.54, 1.807) is 12.1 Å². The third kappa shape index (κ3) is 4.61. The van der Waals surface area contributed by atoms with Gasteiger partial charge in [-0.3, -0.25) is 4.79 Å². The number of hydrogen-bond acceptors (Lipinski definition) is 5. The Hall–Kier alpha value is -2.31. The van der Waals surface area contributed by atoms with Crippen LogP contribution >= 0.6 is 23.4 Å². The highest BCUT2D eigenvalue weighted by Gasteiger charge is 2.14. The van der Waals surface area contributed by atoms with Crippen LogP contribution in [0.2, 0.25) is 5.02 Å². The normalized spacial score (nSPS) is 11.9. The first-order valence-electron chi connectivity index (χ1n) is 7.69. The Labute approximate surface area is 154 Å². The largest absolute Gasteiger partial charge is 0.411 e. The number of thioether (sulfide) groups is 1. The molecule has 2 aromatic carbocycles. The first kappa shape index (κ1) is 17.5. The van der Waals surface area contributed by atoms with Crippen LogP contribution in [0.5, 0.6) is 0 Å². The average Bonchev–Trinajstić information content (AvgIpc) is 3.10. The van der Waals surface area contributed by atoms with Gasteiger partial charge in [0.1, 0.15) is 0 Å². The topological polar surface area (TPSA) is 68.0 Å². The van der Waals surface area contributed by atoms with Gasteiger partial charge in [-0.2, -0.15) is 0 Å². The van der Waals surface area contributed by atoms with E-state index in [2.05, 4.69) is 15.5 Å². The van der Waals surface area contributed by atoms with Gasteiger partial charge in [-0.25, -0.2) is 0 Å². The molecule has 0 aliphatic rings. The molecule has 5 nitrogen and oxygen atoms in total. The molecule has 0 saturated carbocycles. The number of nitrogens with one attached hydrogen (secondary N) is 1. The van der Waals surface area contributed by atoms with Crippen molar-refractivity contribution in [2.45, 2.75) is 18.2 Å². The molecule has 0 aliphatic carbocycles. The molecule has 1 unspecified atom stereocenters. The molecule has 7 heteroatoms. The van der Waals surface area contributed by atoms with Crippen molar-refractivity contribution in [3.05, 3.63) is 65.2 Å². The molecule has 0 radical (unpaired) electrons. The monoisotopic (exact) mass is 373 g/mol. The van der Waals surface area contributed by atoms with Gasteiger partial charge in [0.05, 0.1) is 22.4 Å². The first-order valence-corrected chi connectivity index (χ1v) is 9.05.